The average molecular weight is 413 g/mol. The molecule has 0 saturated heterocycles. The maximum Gasteiger partial charge on any atom is 0.475 e. The lowest BCUT2D eigenvalue weighted by Crippen LogP contribution is -2.48. The number of amides is 2. The number of nitrogens with one attached hydrogen (secondary N) is 2. The van der Waals surface area contributed by atoms with Crippen molar-refractivity contribution in [2.24, 2.45) is 5.92 Å². The van der Waals surface area contributed by atoms with E-state index in [4.69, 9.17) is 4.74 Å². The highest BCUT2D eigenvalue weighted by Crippen LogP contribution is 2.22. The van der Waals surface area contributed by atoms with Gasteiger partial charge in [-0.2, -0.15) is 0 Å². The van der Waals surface area contributed by atoms with Gasteiger partial charge < -0.3 is 25.4 Å². The third kappa shape index (κ3) is 7.16. The van der Waals surface area contributed by atoms with Crippen molar-refractivity contribution in [3.8, 4) is 5.75 Å². The fourth-order valence-corrected chi connectivity index (χ4v) is 3.06. The van der Waals surface area contributed by atoms with E-state index >= 15 is 0 Å². The molecule has 30 heavy (non-hydrogen) atoms. The lowest BCUT2D eigenvalue weighted by Gasteiger charge is -2.23. The summed E-state index contributed by atoms with van der Waals surface area (Å²) in [6.45, 7) is 3.85. The van der Waals surface area contributed by atoms with Crippen molar-refractivity contribution in [1.82, 2.24) is 15.6 Å². The summed E-state index contributed by atoms with van der Waals surface area (Å²) in [7, 11) is -0.134. The quantitative estimate of drug-likeness (QED) is 0.438. The van der Waals surface area contributed by atoms with Gasteiger partial charge in [0.15, 0.2) is 0 Å². The van der Waals surface area contributed by atoms with Crippen LogP contribution in [0.4, 0.5) is 0 Å². The SMILES string of the molecule is COc1cccc(C(CC(=O)N[C@@H](CC(C)C)B(O)O)NC(=O)c2cccnc2)c1. The third-order valence-electron chi connectivity index (χ3n) is 4.55. The van der Waals surface area contributed by atoms with Crippen molar-refractivity contribution in [2.45, 2.75) is 38.7 Å². The molecular formula is C21H28BN3O5. The topological polar surface area (TPSA) is 121 Å². The summed E-state index contributed by atoms with van der Waals surface area (Å²) in [4.78, 5) is 29.3. The molecule has 2 atom stereocenters. The second kappa shape index (κ2) is 11.3. The molecule has 9 heteroatoms. The molecule has 0 aliphatic rings. The molecule has 2 aromatic rings. The maximum absolute atomic E-state index is 12.7. The molecule has 1 aromatic carbocycles. The zero-order chi connectivity index (χ0) is 22.1. The molecular weight excluding hydrogens is 385 g/mol. The summed E-state index contributed by atoms with van der Waals surface area (Å²) < 4.78 is 5.25. The second-order valence-corrected chi connectivity index (χ2v) is 7.47. The van der Waals surface area contributed by atoms with Crippen LogP contribution in [-0.2, 0) is 4.79 Å². The molecule has 0 aliphatic heterocycles. The van der Waals surface area contributed by atoms with Crippen LogP contribution in [0.25, 0.3) is 0 Å². The van der Waals surface area contributed by atoms with Gasteiger partial charge in [-0.25, -0.2) is 0 Å². The van der Waals surface area contributed by atoms with Crippen LogP contribution < -0.4 is 15.4 Å². The van der Waals surface area contributed by atoms with Gasteiger partial charge in [-0.15, -0.1) is 0 Å². The Morgan fingerprint density at radius 2 is 1.93 bits per heavy atom. The van der Waals surface area contributed by atoms with Gasteiger partial charge in [0, 0.05) is 12.4 Å². The van der Waals surface area contributed by atoms with Gasteiger partial charge in [0.05, 0.1) is 31.1 Å². The van der Waals surface area contributed by atoms with E-state index < -0.39 is 25.0 Å². The van der Waals surface area contributed by atoms with E-state index in [-0.39, 0.29) is 18.2 Å². The molecule has 4 N–H and O–H groups in total. The molecule has 0 fully saturated rings. The summed E-state index contributed by atoms with van der Waals surface area (Å²) in [6.07, 6.45) is 3.34. The first-order valence-corrected chi connectivity index (χ1v) is 9.80. The highest BCUT2D eigenvalue weighted by Gasteiger charge is 2.28. The number of nitrogens with zero attached hydrogens (tertiary/aromatic N) is 1. The zero-order valence-corrected chi connectivity index (χ0v) is 17.4. The number of ether oxygens (including phenoxy) is 1. The second-order valence-electron chi connectivity index (χ2n) is 7.47. The Morgan fingerprint density at radius 1 is 1.17 bits per heavy atom. The van der Waals surface area contributed by atoms with E-state index in [9.17, 15) is 19.6 Å². The van der Waals surface area contributed by atoms with Crippen molar-refractivity contribution >= 4 is 18.9 Å². The first-order valence-electron chi connectivity index (χ1n) is 9.80. The number of carbonyl (C=O) groups is 2. The van der Waals surface area contributed by atoms with Gasteiger partial charge in [0.2, 0.25) is 5.91 Å². The monoisotopic (exact) mass is 413 g/mol. The lowest BCUT2D eigenvalue weighted by molar-refractivity contribution is -0.122. The number of hydrogen-bond acceptors (Lipinski definition) is 6. The predicted molar refractivity (Wildman–Crippen MR) is 114 cm³/mol. The van der Waals surface area contributed by atoms with Crippen LogP contribution >= 0.6 is 0 Å². The van der Waals surface area contributed by atoms with Crippen molar-refractivity contribution in [3.05, 3.63) is 59.9 Å². The highest BCUT2D eigenvalue weighted by atomic mass is 16.5. The largest absolute Gasteiger partial charge is 0.497 e. The van der Waals surface area contributed by atoms with Gasteiger partial charge in [0.25, 0.3) is 5.91 Å². The lowest BCUT2D eigenvalue weighted by atomic mass is 9.75. The number of rotatable bonds is 10. The van der Waals surface area contributed by atoms with E-state index in [1.165, 1.54) is 13.3 Å². The van der Waals surface area contributed by atoms with Crippen molar-refractivity contribution in [1.29, 1.82) is 0 Å². The van der Waals surface area contributed by atoms with Crippen LogP contribution in [0.15, 0.2) is 48.8 Å². The molecule has 0 spiro atoms. The Kier molecular flexibility index (Phi) is 8.82. The smallest absolute Gasteiger partial charge is 0.475 e. The number of methoxy groups -OCH3 is 1. The summed E-state index contributed by atoms with van der Waals surface area (Å²) >= 11 is 0. The van der Waals surface area contributed by atoms with Crippen LogP contribution in [0.3, 0.4) is 0 Å². The summed E-state index contributed by atoms with van der Waals surface area (Å²) in [5.41, 5.74) is 1.06. The zero-order valence-electron chi connectivity index (χ0n) is 17.4. The Balaban J connectivity index is 2.20. The summed E-state index contributed by atoms with van der Waals surface area (Å²) in [6, 6.07) is 9.71. The number of aromatic nitrogens is 1. The maximum atomic E-state index is 12.7. The molecule has 0 aliphatic carbocycles. The van der Waals surface area contributed by atoms with Crippen LogP contribution in [0.5, 0.6) is 5.75 Å². The van der Waals surface area contributed by atoms with Gasteiger partial charge in [-0.05, 0) is 42.2 Å². The Morgan fingerprint density at radius 3 is 2.53 bits per heavy atom. The Labute approximate surface area is 176 Å². The highest BCUT2D eigenvalue weighted by molar-refractivity contribution is 6.43. The van der Waals surface area contributed by atoms with E-state index in [0.717, 1.165) is 0 Å². The number of pyridine rings is 1. The van der Waals surface area contributed by atoms with Crippen LogP contribution in [0.1, 0.15) is 48.7 Å². The van der Waals surface area contributed by atoms with Gasteiger partial charge in [-0.1, -0.05) is 26.0 Å². The number of benzene rings is 1. The minimum absolute atomic E-state index is 0.0829. The van der Waals surface area contributed by atoms with Gasteiger partial charge in [-0.3, -0.25) is 14.6 Å². The third-order valence-corrected chi connectivity index (χ3v) is 4.55. The number of carbonyl (C=O) groups excluding carboxylic acids is 2. The van der Waals surface area contributed by atoms with E-state index in [0.29, 0.717) is 23.3 Å². The molecule has 8 nitrogen and oxygen atoms in total. The van der Waals surface area contributed by atoms with Crippen molar-refractivity contribution in [3.63, 3.8) is 0 Å². The Hall–Kier alpha value is -2.91. The van der Waals surface area contributed by atoms with Crippen molar-refractivity contribution in [2.75, 3.05) is 7.11 Å². The molecule has 1 aromatic heterocycles. The first kappa shape index (κ1) is 23.4. The molecule has 0 radical (unpaired) electrons. The molecule has 160 valence electrons. The molecule has 1 heterocycles. The Bertz CT molecular complexity index is 832. The average Bonchev–Trinajstić information content (AvgIpc) is 2.73. The first-order chi connectivity index (χ1) is 14.3. The van der Waals surface area contributed by atoms with Crippen LogP contribution in [0, 0.1) is 5.92 Å². The predicted octanol–water partition coefficient (Wildman–Crippen LogP) is 1.49. The van der Waals surface area contributed by atoms with Gasteiger partial charge in [0.1, 0.15) is 5.75 Å². The normalized spacial score (nSPS) is 12.7. The van der Waals surface area contributed by atoms with Crippen LogP contribution in [0.2, 0.25) is 0 Å². The van der Waals surface area contributed by atoms with E-state index in [1.54, 1.807) is 42.6 Å². The minimum Gasteiger partial charge on any atom is -0.497 e. The van der Waals surface area contributed by atoms with Gasteiger partial charge >= 0.3 is 7.12 Å². The van der Waals surface area contributed by atoms with E-state index in [1.807, 2.05) is 13.8 Å². The minimum atomic E-state index is -1.67. The standard InChI is InChI=1S/C21H28BN3O5/c1-14(2)10-19(22(28)29)25-20(26)12-18(15-6-4-8-17(11-15)30-3)24-21(27)16-7-5-9-23-13-16/h4-9,11,13-14,18-19,28-29H,10,12H2,1-3H3,(H,24,27)(H,25,26)/t18?,19-/m0/s1. The summed E-state index contributed by atoms with van der Waals surface area (Å²) in [5, 5.41) is 24.7. The van der Waals surface area contributed by atoms with Crippen molar-refractivity contribution < 1.29 is 24.4 Å². The molecule has 0 saturated carbocycles. The molecule has 2 amide bonds. The molecule has 2 rings (SSSR count). The molecule has 1 unspecified atom stereocenters. The fourth-order valence-electron chi connectivity index (χ4n) is 3.06. The number of hydrogen-bond donors (Lipinski definition) is 4. The summed E-state index contributed by atoms with van der Waals surface area (Å²) in [5.74, 6) is -0.816. The molecule has 0 bridgehead atoms. The fraction of sp³-hybridized carbons (Fsp3) is 0.381. The van der Waals surface area contributed by atoms with E-state index in [2.05, 4.69) is 15.6 Å². The van der Waals surface area contributed by atoms with Crippen LogP contribution in [-0.4, -0.2) is 47.0 Å².